The Morgan fingerprint density at radius 2 is 2.17 bits per heavy atom. The second-order valence-electron chi connectivity index (χ2n) is 5.30. The molecule has 3 atom stereocenters. The van der Waals surface area contributed by atoms with Crippen LogP contribution in [0.1, 0.15) is 32.6 Å². The number of rotatable bonds is 2. The zero-order valence-corrected chi connectivity index (χ0v) is 10.4. The molecule has 0 aromatic heterocycles. The van der Waals surface area contributed by atoms with Crippen molar-refractivity contribution in [2.24, 2.45) is 10.9 Å². The lowest BCUT2D eigenvalue weighted by Gasteiger charge is -2.40. The molecular formula is C12H18N2O4. The molecule has 0 aromatic rings. The summed E-state index contributed by atoms with van der Waals surface area (Å²) in [4.78, 5) is 27.8. The van der Waals surface area contributed by atoms with Crippen molar-refractivity contribution in [1.29, 1.82) is 0 Å². The van der Waals surface area contributed by atoms with Gasteiger partial charge in [-0.2, -0.15) is 0 Å². The number of carbonyl (C=O) groups excluding carboxylic acids is 2. The summed E-state index contributed by atoms with van der Waals surface area (Å²) >= 11 is 0. The number of carbonyl (C=O) groups is 1. The van der Waals surface area contributed by atoms with Crippen LogP contribution in [0, 0.1) is 5.92 Å². The number of hydrogen-bond donors (Lipinski definition) is 2. The molecule has 1 heterocycles. The van der Waals surface area contributed by atoms with E-state index in [4.69, 9.17) is 0 Å². The first kappa shape index (κ1) is 13.2. The van der Waals surface area contributed by atoms with Gasteiger partial charge in [-0.1, -0.05) is 6.92 Å². The van der Waals surface area contributed by atoms with Gasteiger partial charge in [0, 0.05) is 25.3 Å². The summed E-state index contributed by atoms with van der Waals surface area (Å²) in [6, 6.07) is -0.781. The van der Waals surface area contributed by atoms with Gasteiger partial charge in [0.1, 0.15) is 0 Å². The molecule has 0 radical (unpaired) electrons. The normalized spacial score (nSPS) is 35.4. The topological polar surface area (TPSA) is 90.2 Å². The lowest BCUT2D eigenvalue weighted by Crippen LogP contribution is -2.52. The van der Waals surface area contributed by atoms with E-state index in [1.54, 1.807) is 4.90 Å². The predicted molar refractivity (Wildman–Crippen MR) is 62.2 cm³/mol. The highest BCUT2D eigenvalue weighted by Crippen LogP contribution is 2.34. The SMILES string of the molecule is C[C@H]1CCN(C2CCC(O)(O)C[C@H]2N=C=O)C1=O. The third-order valence-electron chi connectivity index (χ3n) is 3.95. The van der Waals surface area contributed by atoms with E-state index < -0.39 is 11.8 Å². The largest absolute Gasteiger partial charge is 0.366 e. The van der Waals surface area contributed by atoms with Gasteiger partial charge in [0.15, 0.2) is 5.79 Å². The van der Waals surface area contributed by atoms with Crippen molar-refractivity contribution in [1.82, 2.24) is 4.90 Å². The van der Waals surface area contributed by atoms with Crippen LogP contribution < -0.4 is 0 Å². The molecule has 1 amide bonds. The van der Waals surface area contributed by atoms with Crippen LogP contribution in [-0.2, 0) is 9.59 Å². The van der Waals surface area contributed by atoms with Crippen LogP contribution in [0.15, 0.2) is 4.99 Å². The maximum absolute atomic E-state index is 12.0. The van der Waals surface area contributed by atoms with E-state index in [0.29, 0.717) is 13.0 Å². The third-order valence-corrected chi connectivity index (χ3v) is 3.95. The Labute approximate surface area is 105 Å². The maximum atomic E-state index is 12.0. The fraction of sp³-hybridized carbons (Fsp3) is 0.833. The fourth-order valence-electron chi connectivity index (χ4n) is 2.89. The zero-order valence-electron chi connectivity index (χ0n) is 10.4. The highest BCUT2D eigenvalue weighted by atomic mass is 16.5. The Balaban J connectivity index is 2.16. The summed E-state index contributed by atoms with van der Waals surface area (Å²) in [6.07, 6.45) is 2.89. The Hall–Kier alpha value is -1.23. The summed E-state index contributed by atoms with van der Waals surface area (Å²) in [5, 5.41) is 19.2. The molecule has 1 aliphatic carbocycles. The van der Waals surface area contributed by atoms with E-state index >= 15 is 0 Å². The van der Waals surface area contributed by atoms with Crippen molar-refractivity contribution in [2.45, 2.75) is 50.5 Å². The van der Waals surface area contributed by atoms with Gasteiger partial charge < -0.3 is 15.1 Å². The number of nitrogens with zero attached hydrogens (tertiary/aromatic N) is 2. The molecule has 1 unspecified atom stereocenters. The van der Waals surface area contributed by atoms with Crippen LogP contribution in [-0.4, -0.2) is 51.5 Å². The van der Waals surface area contributed by atoms with Gasteiger partial charge in [-0.15, -0.1) is 0 Å². The van der Waals surface area contributed by atoms with Crippen LogP contribution in [0.25, 0.3) is 0 Å². The van der Waals surface area contributed by atoms with Gasteiger partial charge in [-0.25, -0.2) is 9.79 Å². The number of amides is 1. The number of isocyanates is 1. The van der Waals surface area contributed by atoms with Crippen molar-refractivity contribution in [3.63, 3.8) is 0 Å². The molecule has 2 fully saturated rings. The molecule has 1 aliphatic heterocycles. The molecule has 0 spiro atoms. The molecule has 2 rings (SSSR count). The monoisotopic (exact) mass is 254 g/mol. The minimum absolute atomic E-state index is 0.000738. The van der Waals surface area contributed by atoms with Crippen molar-refractivity contribution < 1.29 is 19.8 Å². The van der Waals surface area contributed by atoms with Crippen molar-refractivity contribution in [3.05, 3.63) is 0 Å². The molecule has 18 heavy (non-hydrogen) atoms. The summed E-state index contributed by atoms with van der Waals surface area (Å²) in [6.45, 7) is 2.53. The van der Waals surface area contributed by atoms with Crippen LogP contribution in [0.4, 0.5) is 0 Å². The van der Waals surface area contributed by atoms with Crippen molar-refractivity contribution >= 4 is 12.0 Å². The number of aliphatic hydroxyl groups is 2. The maximum Gasteiger partial charge on any atom is 0.235 e. The summed E-state index contributed by atoms with van der Waals surface area (Å²) in [7, 11) is 0. The molecule has 6 heteroatoms. The average molecular weight is 254 g/mol. The van der Waals surface area contributed by atoms with Gasteiger partial charge in [0.05, 0.1) is 12.1 Å². The second kappa shape index (κ2) is 4.80. The van der Waals surface area contributed by atoms with E-state index in [-0.39, 0.29) is 30.7 Å². The van der Waals surface area contributed by atoms with Crippen LogP contribution in [0.2, 0.25) is 0 Å². The first-order valence-electron chi connectivity index (χ1n) is 6.27. The molecular weight excluding hydrogens is 236 g/mol. The smallest absolute Gasteiger partial charge is 0.235 e. The minimum Gasteiger partial charge on any atom is -0.366 e. The van der Waals surface area contributed by atoms with Gasteiger partial charge in [0.2, 0.25) is 12.0 Å². The zero-order chi connectivity index (χ0) is 13.3. The molecule has 0 aromatic carbocycles. The van der Waals surface area contributed by atoms with Gasteiger partial charge in [-0.3, -0.25) is 4.79 Å². The number of likely N-dealkylation sites (tertiary alicyclic amines) is 1. The fourth-order valence-corrected chi connectivity index (χ4v) is 2.89. The predicted octanol–water partition coefficient (Wildman–Crippen LogP) is -0.207. The lowest BCUT2D eigenvalue weighted by molar-refractivity contribution is -0.191. The quantitative estimate of drug-likeness (QED) is 0.405. The van der Waals surface area contributed by atoms with E-state index in [9.17, 15) is 19.8 Å². The van der Waals surface area contributed by atoms with Gasteiger partial charge in [-0.05, 0) is 12.8 Å². The van der Waals surface area contributed by atoms with Crippen LogP contribution in [0.5, 0.6) is 0 Å². The molecule has 1 saturated heterocycles. The first-order valence-corrected chi connectivity index (χ1v) is 6.27. The second-order valence-corrected chi connectivity index (χ2v) is 5.30. The van der Waals surface area contributed by atoms with Crippen molar-refractivity contribution in [2.75, 3.05) is 6.54 Å². The van der Waals surface area contributed by atoms with Gasteiger partial charge >= 0.3 is 0 Å². The molecule has 100 valence electrons. The van der Waals surface area contributed by atoms with E-state index in [0.717, 1.165) is 6.42 Å². The number of hydrogen-bond acceptors (Lipinski definition) is 5. The standard InChI is InChI=1S/C12H18N2O4/c1-8-3-5-14(11(8)16)10-2-4-12(17,18)6-9(10)13-7-15/h8-10,17-18H,2-6H2,1H3/t8-,9+,10?/m0/s1. The Kier molecular flexibility index (Phi) is 3.52. The first-order chi connectivity index (χ1) is 8.44. The minimum atomic E-state index is -1.80. The molecule has 0 bridgehead atoms. The lowest BCUT2D eigenvalue weighted by atomic mass is 9.85. The van der Waals surface area contributed by atoms with E-state index in [2.05, 4.69) is 4.99 Å². The van der Waals surface area contributed by atoms with Gasteiger partial charge in [0.25, 0.3) is 0 Å². The average Bonchev–Trinajstić information content (AvgIpc) is 2.60. The Morgan fingerprint density at radius 1 is 1.44 bits per heavy atom. The van der Waals surface area contributed by atoms with Crippen molar-refractivity contribution in [3.8, 4) is 0 Å². The molecule has 6 nitrogen and oxygen atoms in total. The van der Waals surface area contributed by atoms with Crippen LogP contribution in [0.3, 0.4) is 0 Å². The molecule has 1 saturated carbocycles. The Bertz CT molecular complexity index is 390. The Morgan fingerprint density at radius 3 is 2.72 bits per heavy atom. The highest BCUT2D eigenvalue weighted by molar-refractivity contribution is 5.80. The summed E-state index contributed by atoms with van der Waals surface area (Å²) in [5.74, 6) is -1.73. The third kappa shape index (κ3) is 2.46. The van der Waals surface area contributed by atoms with E-state index in [1.807, 2.05) is 6.92 Å². The summed E-state index contributed by atoms with van der Waals surface area (Å²) in [5.41, 5.74) is 0. The highest BCUT2D eigenvalue weighted by Gasteiger charge is 2.44. The molecule has 2 N–H and O–H groups in total. The summed E-state index contributed by atoms with van der Waals surface area (Å²) < 4.78 is 0. The van der Waals surface area contributed by atoms with E-state index in [1.165, 1.54) is 6.08 Å². The number of aliphatic imine (C=N–C) groups is 1. The molecule has 2 aliphatic rings. The van der Waals surface area contributed by atoms with Crippen LogP contribution >= 0.6 is 0 Å².